The maximum Gasteiger partial charge on any atom is 0.303 e. The molecule has 102 valence electrons. The van der Waals surface area contributed by atoms with Crippen LogP contribution >= 0.6 is 0 Å². The van der Waals surface area contributed by atoms with Gasteiger partial charge in [0.05, 0.1) is 0 Å². The van der Waals surface area contributed by atoms with Gasteiger partial charge in [-0.15, -0.1) is 0 Å². The van der Waals surface area contributed by atoms with Gasteiger partial charge in [-0.3, -0.25) is 4.79 Å². The predicted molar refractivity (Wildman–Crippen MR) is 78.1 cm³/mol. The standard InChI is InChI=1S/C8H16O2.3C2H5.Al/c1-7(2)5-3-4-6-8(9)10;3*1-2;/h7H,3-6H2,1-2H3,(H,9,10);3*1H2,2H3;. The molecule has 0 heterocycles. The number of carboxylic acid groups (broad SMARTS) is 1. The second-order valence-electron chi connectivity index (χ2n) is 5.12. The Kier molecular flexibility index (Phi) is 16.0. The molecule has 0 unspecified atom stereocenters. The highest BCUT2D eigenvalue weighted by atomic mass is 27.2. The highest BCUT2D eigenvalue weighted by molar-refractivity contribution is 6.58. The van der Waals surface area contributed by atoms with E-state index in [1.54, 1.807) is 0 Å². The summed E-state index contributed by atoms with van der Waals surface area (Å²) in [6.45, 7) is 11.3. The van der Waals surface area contributed by atoms with Gasteiger partial charge < -0.3 is 5.11 Å². The molecule has 17 heavy (non-hydrogen) atoms. The highest BCUT2D eigenvalue weighted by Gasteiger charge is 2.05. The van der Waals surface area contributed by atoms with Crippen molar-refractivity contribution in [2.24, 2.45) is 5.92 Å². The van der Waals surface area contributed by atoms with Gasteiger partial charge in [-0.1, -0.05) is 63.3 Å². The highest BCUT2D eigenvalue weighted by Crippen LogP contribution is 2.07. The molecule has 0 aliphatic rings. The molecule has 1 N–H and O–H groups in total. The maximum absolute atomic E-state index is 10.0. The Hall–Kier alpha value is 0.00247. The van der Waals surface area contributed by atoms with Crippen LogP contribution in [0.1, 0.15) is 60.3 Å². The van der Waals surface area contributed by atoms with Crippen LogP contribution in [0.15, 0.2) is 0 Å². The molecular formula is C14H31AlO2. The molecule has 0 aromatic rings. The number of rotatable bonds is 8. The number of carbonyl (C=O) groups is 1. The summed E-state index contributed by atoms with van der Waals surface area (Å²) in [5.41, 5.74) is 0. The summed E-state index contributed by atoms with van der Waals surface area (Å²) in [6.07, 6.45) is 3.34. The largest absolute Gasteiger partial charge is 0.481 e. The number of hydrogen-bond acceptors (Lipinski definition) is 1. The van der Waals surface area contributed by atoms with E-state index >= 15 is 0 Å². The third kappa shape index (κ3) is 18.6. The fourth-order valence-corrected chi connectivity index (χ4v) is 3.43. The molecule has 0 saturated heterocycles. The van der Waals surface area contributed by atoms with Crippen molar-refractivity contribution in [1.29, 1.82) is 0 Å². The van der Waals surface area contributed by atoms with Crippen LogP contribution in [0.2, 0.25) is 15.8 Å². The molecule has 0 bridgehead atoms. The molecule has 0 amide bonds. The van der Waals surface area contributed by atoms with Crippen LogP contribution in [0.4, 0.5) is 0 Å². The van der Waals surface area contributed by atoms with Crippen molar-refractivity contribution in [3.8, 4) is 0 Å². The van der Waals surface area contributed by atoms with Crippen molar-refractivity contribution in [1.82, 2.24) is 0 Å². The van der Waals surface area contributed by atoms with Gasteiger partial charge in [-0.05, 0) is 12.3 Å². The lowest BCUT2D eigenvalue weighted by molar-refractivity contribution is -0.137. The Morgan fingerprint density at radius 1 is 1.06 bits per heavy atom. The Morgan fingerprint density at radius 2 is 1.53 bits per heavy atom. The Morgan fingerprint density at radius 3 is 1.76 bits per heavy atom. The first-order valence-electron chi connectivity index (χ1n) is 7.19. The molecule has 0 spiro atoms. The fraction of sp³-hybridized carbons (Fsp3) is 0.929. The lowest BCUT2D eigenvalue weighted by Gasteiger charge is -2.01. The van der Waals surface area contributed by atoms with Crippen molar-refractivity contribution < 1.29 is 9.90 Å². The lowest BCUT2D eigenvalue weighted by atomic mass is 10.1. The third-order valence-corrected chi connectivity index (χ3v) is 6.62. The minimum absolute atomic E-state index is 0.171. The van der Waals surface area contributed by atoms with Crippen molar-refractivity contribution in [3.63, 3.8) is 0 Å². The quantitative estimate of drug-likeness (QED) is 0.500. The van der Waals surface area contributed by atoms with Crippen LogP contribution < -0.4 is 0 Å². The zero-order chi connectivity index (χ0) is 13.7. The molecule has 3 heteroatoms. The Balaban J connectivity index is 0. The second kappa shape index (κ2) is 14.1. The van der Waals surface area contributed by atoms with Gasteiger partial charge in [0, 0.05) is 6.42 Å². The van der Waals surface area contributed by atoms with Crippen molar-refractivity contribution >= 4 is 20.1 Å². The van der Waals surface area contributed by atoms with Crippen LogP contribution in [-0.2, 0) is 4.79 Å². The van der Waals surface area contributed by atoms with E-state index in [1.807, 2.05) is 0 Å². The summed E-state index contributed by atoms with van der Waals surface area (Å²) in [7, 11) is 0. The first-order chi connectivity index (χ1) is 7.97. The summed E-state index contributed by atoms with van der Waals surface area (Å²) in [4.78, 5) is 10.0. The van der Waals surface area contributed by atoms with Gasteiger partial charge in [-0.25, -0.2) is 0 Å². The fourth-order valence-electron chi connectivity index (χ4n) is 1.69. The zero-order valence-corrected chi connectivity index (χ0v) is 13.6. The van der Waals surface area contributed by atoms with Crippen LogP contribution in [0.3, 0.4) is 0 Å². The maximum atomic E-state index is 10.0. The van der Waals surface area contributed by atoms with Crippen molar-refractivity contribution in [2.45, 2.75) is 76.2 Å². The molecule has 0 aliphatic carbocycles. The van der Waals surface area contributed by atoms with Crippen molar-refractivity contribution in [2.75, 3.05) is 0 Å². The van der Waals surface area contributed by atoms with E-state index in [0.717, 1.165) is 19.3 Å². The van der Waals surface area contributed by atoms with Gasteiger partial charge >= 0.3 is 5.97 Å². The molecule has 0 radical (unpaired) electrons. The first-order valence-corrected chi connectivity index (χ1v) is 9.64. The molecule has 0 aromatic heterocycles. The molecule has 0 rings (SSSR count). The molecule has 0 saturated carbocycles. The normalized spacial score (nSPS) is 9.76. The molecule has 0 aliphatic heterocycles. The summed E-state index contributed by atoms with van der Waals surface area (Å²) in [5.74, 6) is 0.0255. The van der Waals surface area contributed by atoms with E-state index < -0.39 is 5.97 Å². The third-order valence-electron chi connectivity index (χ3n) is 3.15. The van der Waals surface area contributed by atoms with Crippen molar-refractivity contribution in [3.05, 3.63) is 0 Å². The molecule has 0 aromatic carbocycles. The van der Waals surface area contributed by atoms with Crippen LogP contribution in [-0.4, -0.2) is 25.2 Å². The number of hydrogen-bond donors (Lipinski definition) is 1. The van der Waals surface area contributed by atoms with Gasteiger partial charge in [0.2, 0.25) is 0 Å². The van der Waals surface area contributed by atoms with E-state index in [4.69, 9.17) is 5.11 Å². The molecule has 2 nitrogen and oxygen atoms in total. The van der Waals surface area contributed by atoms with Gasteiger partial charge in [-0.2, -0.15) is 0 Å². The first kappa shape index (κ1) is 19.3. The topological polar surface area (TPSA) is 37.3 Å². The smallest absolute Gasteiger partial charge is 0.303 e. The van der Waals surface area contributed by atoms with Gasteiger partial charge in [0.25, 0.3) is 14.1 Å². The van der Waals surface area contributed by atoms with E-state index in [1.165, 1.54) is 15.8 Å². The van der Waals surface area contributed by atoms with E-state index in [-0.39, 0.29) is 14.1 Å². The monoisotopic (exact) mass is 258 g/mol. The molecule has 0 fully saturated rings. The summed E-state index contributed by atoms with van der Waals surface area (Å²) in [5, 5.41) is 12.8. The summed E-state index contributed by atoms with van der Waals surface area (Å²) >= 11 is -0.171. The zero-order valence-electron chi connectivity index (χ0n) is 12.5. The minimum Gasteiger partial charge on any atom is -0.481 e. The molecular weight excluding hydrogens is 227 g/mol. The van der Waals surface area contributed by atoms with Gasteiger partial charge in [0.1, 0.15) is 0 Å². The second-order valence-corrected chi connectivity index (χ2v) is 9.31. The van der Waals surface area contributed by atoms with E-state index in [9.17, 15) is 4.79 Å². The number of aliphatic carboxylic acids is 1. The summed E-state index contributed by atoms with van der Waals surface area (Å²) < 4.78 is 0. The van der Waals surface area contributed by atoms with Gasteiger partial charge in [0.15, 0.2) is 0 Å². The SMILES string of the molecule is CC(C)CCCCC(=O)O.C[CH2][Al]([CH2]C)[CH2]C. The number of unbranched alkanes of at least 4 members (excludes halogenated alkanes) is 1. The van der Waals surface area contributed by atoms with E-state index in [0.29, 0.717) is 12.3 Å². The average Bonchev–Trinajstić information content (AvgIpc) is 2.27. The van der Waals surface area contributed by atoms with Crippen LogP contribution in [0.5, 0.6) is 0 Å². The summed E-state index contributed by atoms with van der Waals surface area (Å²) in [6, 6.07) is 0. The minimum atomic E-state index is -0.677. The van der Waals surface area contributed by atoms with E-state index in [2.05, 4.69) is 34.6 Å². The van der Waals surface area contributed by atoms with Crippen LogP contribution in [0.25, 0.3) is 0 Å². The Bertz CT molecular complexity index is 160. The Labute approximate surface area is 112 Å². The van der Waals surface area contributed by atoms with Crippen LogP contribution in [0, 0.1) is 5.92 Å². The number of carboxylic acids is 1. The molecule has 0 atom stereocenters. The predicted octanol–water partition coefficient (Wildman–Crippen LogP) is 4.83. The average molecular weight is 258 g/mol. The lowest BCUT2D eigenvalue weighted by Crippen LogP contribution is -2.04.